The molecule has 0 unspecified atom stereocenters. The van der Waals surface area contributed by atoms with Crippen molar-refractivity contribution in [2.24, 2.45) is 0 Å². The molecule has 0 radical (unpaired) electrons. The van der Waals surface area contributed by atoms with Crippen LogP contribution in [0, 0.1) is 0 Å². The standard InChI is InChI=1S/C16H21N3O5S/c1-25(22,23)18-12-5-4-6-13(11-12)24-10-9-19-14(20)16(17-15(19)21)7-2-3-8-16/h4-6,11,18H,2-3,7-10H2,1H3,(H,17,21). The number of nitrogens with one attached hydrogen (secondary N) is 2. The fourth-order valence-corrected chi connectivity index (χ4v) is 3.87. The number of hydrogen-bond donors (Lipinski definition) is 2. The van der Waals surface area contributed by atoms with Crippen LogP contribution < -0.4 is 14.8 Å². The number of imide groups is 1. The van der Waals surface area contributed by atoms with E-state index >= 15 is 0 Å². The SMILES string of the molecule is CS(=O)(=O)Nc1cccc(OCCN2C(=O)NC3(CCCC3)C2=O)c1. The van der Waals surface area contributed by atoms with E-state index in [0.29, 0.717) is 24.3 Å². The second kappa shape index (κ2) is 6.55. The smallest absolute Gasteiger partial charge is 0.325 e. The van der Waals surface area contributed by atoms with Crippen LogP contribution in [0.5, 0.6) is 5.75 Å². The monoisotopic (exact) mass is 367 g/mol. The van der Waals surface area contributed by atoms with Crippen LogP contribution in [0.2, 0.25) is 0 Å². The Morgan fingerprint density at radius 1 is 1.28 bits per heavy atom. The van der Waals surface area contributed by atoms with E-state index in [1.165, 1.54) is 4.90 Å². The van der Waals surface area contributed by atoms with E-state index in [9.17, 15) is 18.0 Å². The molecule has 25 heavy (non-hydrogen) atoms. The van der Waals surface area contributed by atoms with Crippen molar-refractivity contribution >= 4 is 27.6 Å². The number of anilines is 1. The molecule has 136 valence electrons. The first-order chi connectivity index (χ1) is 11.8. The van der Waals surface area contributed by atoms with Gasteiger partial charge in [-0.3, -0.25) is 14.4 Å². The largest absolute Gasteiger partial charge is 0.492 e. The summed E-state index contributed by atoms with van der Waals surface area (Å²) in [6.45, 7) is 0.285. The van der Waals surface area contributed by atoms with Crippen LogP contribution in [0.25, 0.3) is 0 Å². The maximum atomic E-state index is 12.5. The zero-order valence-electron chi connectivity index (χ0n) is 13.9. The van der Waals surface area contributed by atoms with Crippen molar-refractivity contribution < 1.29 is 22.7 Å². The highest BCUT2D eigenvalue weighted by atomic mass is 32.2. The van der Waals surface area contributed by atoms with E-state index in [2.05, 4.69) is 10.0 Å². The Bertz CT molecular complexity index is 787. The normalized spacial score (nSPS) is 19.3. The molecule has 3 amide bonds. The molecule has 3 rings (SSSR count). The predicted octanol–water partition coefficient (Wildman–Crippen LogP) is 1.30. The number of urea groups is 1. The van der Waals surface area contributed by atoms with Crippen LogP contribution in [0.3, 0.4) is 0 Å². The fraction of sp³-hybridized carbons (Fsp3) is 0.500. The molecule has 9 heteroatoms. The Hall–Kier alpha value is -2.29. The molecule has 0 bridgehead atoms. The lowest BCUT2D eigenvalue weighted by Gasteiger charge is -2.20. The number of carbonyl (C=O) groups is 2. The summed E-state index contributed by atoms with van der Waals surface area (Å²) in [5.74, 6) is 0.280. The molecule has 1 saturated heterocycles. The first-order valence-electron chi connectivity index (χ1n) is 8.14. The van der Waals surface area contributed by atoms with Gasteiger partial charge in [0.05, 0.1) is 18.5 Å². The van der Waals surface area contributed by atoms with Crippen molar-refractivity contribution in [1.29, 1.82) is 0 Å². The van der Waals surface area contributed by atoms with Gasteiger partial charge in [0.1, 0.15) is 17.9 Å². The number of nitrogens with zero attached hydrogens (tertiary/aromatic N) is 1. The van der Waals surface area contributed by atoms with Gasteiger partial charge in [0.25, 0.3) is 5.91 Å². The van der Waals surface area contributed by atoms with Crippen LogP contribution in [-0.2, 0) is 14.8 Å². The van der Waals surface area contributed by atoms with Crippen molar-refractivity contribution in [1.82, 2.24) is 10.2 Å². The van der Waals surface area contributed by atoms with Gasteiger partial charge in [0.15, 0.2) is 0 Å². The third-order valence-corrected chi connectivity index (χ3v) is 5.03. The van der Waals surface area contributed by atoms with Crippen LogP contribution in [0.4, 0.5) is 10.5 Å². The van der Waals surface area contributed by atoms with E-state index in [0.717, 1.165) is 19.1 Å². The fourth-order valence-electron chi connectivity index (χ4n) is 3.31. The van der Waals surface area contributed by atoms with Gasteiger partial charge >= 0.3 is 6.03 Å². The molecule has 1 aliphatic heterocycles. The third-order valence-electron chi connectivity index (χ3n) is 4.42. The minimum atomic E-state index is -3.37. The van der Waals surface area contributed by atoms with E-state index in [1.807, 2.05) is 0 Å². The number of rotatable bonds is 6. The van der Waals surface area contributed by atoms with Gasteiger partial charge in [-0.25, -0.2) is 13.2 Å². The number of ether oxygens (including phenoxy) is 1. The summed E-state index contributed by atoms with van der Waals surface area (Å²) >= 11 is 0. The lowest BCUT2D eigenvalue weighted by Crippen LogP contribution is -2.44. The minimum Gasteiger partial charge on any atom is -0.492 e. The molecule has 2 aliphatic rings. The molecule has 1 aromatic carbocycles. The molecule has 1 spiro atoms. The lowest BCUT2D eigenvalue weighted by atomic mass is 9.98. The van der Waals surface area contributed by atoms with Crippen molar-refractivity contribution in [2.45, 2.75) is 31.2 Å². The van der Waals surface area contributed by atoms with E-state index in [4.69, 9.17) is 4.74 Å². The summed E-state index contributed by atoms with van der Waals surface area (Å²) in [5.41, 5.74) is -0.323. The Morgan fingerprint density at radius 3 is 2.68 bits per heavy atom. The van der Waals surface area contributed by atoms with Gasteiger partial charge < -0.3 is 10.1 Å². The molecule has 2 fully saturated rings. The topological polar surface area (TPSA) is 105 Å². The molecule has 1 aliphatic carbocycles. The Morgan fingerprint density at radius 2 is 2.00 bits per heavy atom. The Kier molecular flexibility index (Phi) is 4.59. The molecule has 2 N–H and O–H groups in total. The van der Waals surface area contributed by atoms with E-state index < -0.39 is 15.6 Å². The molecule has 1 aromatic rings. The average Bonchev–Trinajstić information content (AvgIpc) is 3.07. The maximum Gasteiger partial charge on any atom is 0.325 e. The molecule has 1 saturated carbocycles. The summed E-state index contributed by atoms with van der Waals surface area (Å²) in [6, 6.07) is 6.12. The summed E-state index contributed by atoms with van der Waals surface area (Å²) < 4.78 is 30.4. The summed E-state index contributed by atoms with van der Waals surface area (Å²) in [5, 5.41) is 2.82. The van der Waals surface area contributed by atoms with Crippen LogP contribution >= 0.6 is 0 Å². The zero-order chi connectivity index (χ0) is 18.1. The van der Waals surface area contributed by atoms with Gasteiger partial charge in [-0.05, 0) is 25.0 Å². The van der Waals surface area contributed by atoms with E-state index in [1.54, 1.807) is 24.3 Å². The maximum absolute atomic E-state index is 12.5. The average molecular weight is 367 g/mol. The van der Waals surface area contributed by atoms with Gasteiger partial charge in [0, 0.05) is 6.07 Å². The Balaban J connectivity index is 1.57. The van der Waals surface area contributed by atoms with Gasteiger partial charge in [-0.1, -0.05) is 18.9 Å². The highest BCUT2D eigenvalue weighted by Gasteiger charge is 2.52. The number of benzene rings is 1. The van der Waals surface area contributed by atoms with Crippen molar-refractivity contribution in [3.63, 3.8) is 0 Å². The van der Waals surface area contributed by atoms with Crippen molar-refractivity contribution in [3.05, 3.63) is 24.3 Å². The van der Waals surface area contributed by atoms with Crippen molar-refractivity contribution in [2.75, 3.05) is 24.1 Å². The minimum absolute atomic E-state index is 0.136. The molecule has 0 aromatic heterocycles. The first kappa shape index (κ1) is 17.5. The summed E-state index contributed by atoms with van der Waals surface area (Å²) in [4.78, 5) is 25.8. The predicted molar refractivity (Wildman–Crippen MR) is 91.8 cm³/mol. The summed E-state index contributed by atoms with van der Waals surface area (Å²) in [7, 11) is -3.37. The molecule has 1 heterocycles. The third kappa shape index (κ3) is 3.87. The van der Waals surface area contributed by atoms with Crippen LogP contribution in [0.15, 0.2) is 24.3 Å². The molecule has 0 atom stereocenters. The highest BCUT2D eigenvalue weighted by molar-refractivity contribution is 7.92. The number of amides is 3. The number of carbonyl (C=O) groups excluding carboxylic acids is 2. The Labute approximate surface area is 146 Å². The van der Waals surface area contributed by atoms with E-state index in [-0.39, 0.29) is 25.1 Å². The number of sulfonamides is 1. The van der Waals surface area contributed by atoms with Crippen LogP contribution in [-0.4, -0.2) is 50.2 Å². The van der Waals surface area contributed by atoms with Gasteiger partial charge in [-0.15, -0.1) is 0 Å². The quantitative estimate of drug-likeness (QED) is 0.738. The van der Waals surface area contributed by atoms with Crippen molar-refractivity contribution in [3.8, 4) is 5.75 Å². The second-order valence-corrected chi connectivity index (χ2v) is 8.18. The molecular weight excluding hydrogens is 346 g/mol. The zero-order valence-corrected chi connectivity index (χ0v) is 14.8. The second-order valence-electron chi connectivity index (χ2n) is 6.43. The highest BCUT2D eigenvalue weighted by Crippen LogP contribution is 2.34. The molecule has 8 nitrogen and oxygen atoms in total. The summed E-state index contributed by atoms with van der Waals surface area (Å²) in [6.07, 6.45) is 4.33. The molecular formula is C16H21N3O5S. The first-order valence-corrected chi connectivity index (χ1v) is 10.0. The lowest BCUT2D eigenvalue weighted by molar-refractivity contribution is -0.131. The van der Waals surface area contributed by atoms with Gasteiger partial charge in [-0.2, -0.15) is 0 Å². The van der Waals surface area contributed by atoms with Crippen LogP contribution in [0.1, 0.15) is 25.7 Å². The number of hydrogen-bond acceptors (Lipinski definition) is 5. The van der Waals surface area contributed by atoms with Gasteiger partial charge in [0.2, 0.25) is 10.0 Å².